The highest BCUT2D eigenvalue weighted by Crippen LogP contribution is 2.02. The van der Waals surface area contributed by atoms with E-state index in [0.29, 0.717) is 6.54 Å². The van der Waals surface area contributed by atoms with Crippen LogP contribution in [0.25, 0.3) is 0 Å². The molecule has 1 heterocycles. The maximum atomic E-state index is 4.47. The summed E-state index contributed by atoms with van der Waals surface area (Å²) in [4.78, 5) is 8.61. The number of pyridine rings is 1. The lowest BCUT2D eigenvalue weighted by atomic mass is 10.2. The minimum Gasteiger partial charge on any atom is -0.357 e. The van der Waals surface area contributed by atoms with E-state index in [4.69, 9.17) is 0 Å². The van der Waals surface area contributed by atoms with Gasteiger partial charge in [-0.3, -0.25) is 4.98 Å². The molecule has 0 fully saturated rings. The Hall–Kier alpha value is -1.58. The van der Waals surface area contributed by atoms with Crippen LogP contribution >= 0.6 is 0 Å². The first kappa shape index (κ1) is 12.5. The number of nitrogens with one attached hydrogen (secondary N) is 2. The quantitative estimate of drug-likeness (QED) is 0.596. The highest BCUT2D eigenvalue weighted by atomic mass is 15.2. The zero-order valence-corrected chi connectivity index (χ0v) is 10.2. The van der Waals surface area contributed by atoms with Crippen molar-refractivity contribution in [2.24, 2.45) is 4.99 Å². The molecular formula is C12H20N4. The lowest BCUT2D eigenvalue weighted by Crippen LogP contribution is -2.36. The van der Waals surface area contributed by atoms with Crippen molar-refractivity contribution in [1.82, 2.24) is 15.6 Å². The molecule has 88 valence electrons. The molecule has 0 aliphatic rings. The van der Waals surface area contributed by atoms with Gasteiger partial charge in [-0.05, 0) is 31.9 Å². The SMILES string of the molecule is CCNC(=NCc1cncc(C)c1)NCC. The Morgan fingerprint density at radius 1 is 1.25 bits per heavy atom. The van der Waals surface area contributed by atoms with Crippen LogP contribution in [0.4, 0.5) is 0 Å². The number of hydrogen-bond acceptors (Lipinski definition) is 2. The van der Waals surface area contributed by atoms with Crippen LogP contribution in [-0.4, -0.2) is 24.0 Å². The molecular weight excluding hydrogens is 200 g/mol. The van der Waals surface area contributed by atoms with Crippen LogP contribution in [0.15, 0.2) is 23.5 Å². The number of hydrogen-bond donors (Lipinski definition) is 2. The van der Waals surface area contributed by atoms with Gasteiger partial charge in [-0.15, -0.1) is 0 Å². The van der Waals surface area contributed by atoms with Crippen molar-refractivity contribution in [1.29, 1.82) is 0 Å². The van der Waals surface area contributed by atoms with E-state index in [1.807, 2.05) is 19.3 Å². The summed E-state index contributed by atoms with van der Waals surface area (Å²) in [6, 6.07) is 2.10. The second-order valence-electron chi connectivity index (χ2n) is 3.60. The van der Waals surface area contributed by atoms with Crippen molar-refractivity contribution in [2.45, 2.75) is 27.3 Å². The molecule has 1 aromatic heterocycles. The summed E-state index contributed by atoms with van der Waals surface area (Å²) in [7, 11) is 0. The van der Waals surface area contributed by atoms with Crippen LogP contribution in [0.1, 0.15) is 25.0 Å². The van der Waals surface area contributed by atoms with Gasteiger partial charge in [0, 0.05) is 25.5 Å². The van der Waals surface area contributed by atoms with Crippen molar-refractivity contribution < 1.29 is 0 Å². The normalized spacial score (nSPS) is 9.69. The second-order valence-corrected chi connectivity index (χ2v) is 3.60. The van der Waals surface area contributed by atoms with Crippen LogP contribution in [0.3, 0.4) is 0 Å². The fraction of sp³-hybridized carbons (Fsp3) is 0.500. The van der Waals surface area contributed by atoms with Crippen LogP contribution in [0, 0.1) is 6.92 Å². The van der Waals surface area contributed by atoms with Gasteiger partial charge in [0.05, 0.1) is 6.54 Å². The van der Waals surface area contributed by atoms with Crippen molar-refractivity contribution in [2.75, 3.05) is 13.1 Å². The van der Waals surface area contributed by atoms with E-state index in [1.54, 1.807) is 0 Å². The fourth-order valence-corrected chi connectivity index (χ4v) is 1.38. The van der Waals surface area contributed by atoms with Gasteiger partial charge in [-0.1, -0.05) is 6.07 Å². The van der Waals surface area contributed by atoms with Gasteiger partial charge in [-0.2, -0.15) is 0 Å². The van der Waals surface area contributed by atoms with Crippen molar-refractivity contribution in [3.8, 4) is 0 Å². The Morgan fingerprint density at radius 2 is 1.94 bits per heavy atom. The molecule has 0 amide bonds. The van der Waals surface area contributed by atoms with E-state index in [9.17, 15) is 0 Å². The molecule has 0 saturated heterocycles. The third-order valence-electron chi connectivity index (χ3n) is 2.04. The number of aliphatic imine (C=N–C) groups is 1. The standard InChI is InChI=1S/C12H20N4/c1-4-14-12(15-5-2)16-9-11-6-10(3)7-13-8-11/h6-8H,4-5,9H2,1-3H3,(H2,14,15,16). The molecule has 4 heteroatoms. The molecule has 2 N–H and O–H groups in total. The zero-order chi connectivity index (χ0) is 11.8. The molecule has 0 unspecified atom stereocenters. The minimum absolute atomic E-state index is 0.657. The Morgan fingerprint density at radius 3 is 2.50 bits per heavy atom. The van der Waals surface area contributed by atoms with Crippen LogP contribution in [-0.2, 0) is 6.54 Å². The van der Waals surface area contributed by atoms with E-state index in [2.05, 4.69) is 40.5 Å². The van der Waals surface area contributed by atoms with Gasteiger partial charge in [0.2, 0.25) is 0 Å². The van der Waals surface area contributed by atoms with E-state index in [1.165, 1.54) is 5.56 Å². The summed E-state index contributed by atoms with van der Waals surface area (Å²) in [6.07, 6.45) is 3.70. The second kappa shape index (κ2) is 6.82. The largest absolute Gasteiger partial charge is 0.357 e. The van der Waals surface area contributed by atoms with Gasteiger partial charge in [-0.25, -0.2) is 4.99 Å². The number of nitrogens with zero attached hydrogens (tertiary/aromatic N) is 2. The lowest BCUT2D eigenvalue weighted by molar-refractivity contribution is 0.838. The molecule has 4 nitrogen and oxygen atoms in total. The number of aryl methyl sites for hydroxylation is 1. The maximum absolute atomic E-state index is 4.47. The van der Waals surface area contributed by atoms with E-state index < -0.39 is 0 Å². The molecule has 0 spiro atoms. The monoisotopic (exact) mass is 220 g/mol. The Bertz CT molecular complexity index is 339. The molecule has 0 atom stereocenters. The van der Waals surface area contributed by atoms with Crippen LogP contribution in [0.2, 0.25) is 0 Å². The van der Waals surface area contributed by atoms with Gasteiger partial charge < -0.3 is 10.6 Å². The predicted molar refractivity (Wildman–Crippen MR) is 67.5 cm³/mol. The summed E-state index contributed by atoms with van der Waals surface area (Å²) >= 11 is 0. The average Bonchev–Trinajstić information content (AvgIpc) is 2.27. The van der Waals surface area contributed by atoms with Gasteiger partial charge >= 0.3 is 0 Å². The smallest absolute Gasteiger partial charge is 0.191 e. The predicted octanol–water partition coefficient (Wildman–Crippen LogP) is 1.47. The summed E-state index contributed by atoms with van der Waals surface area (Å²) < 4.78 is 0. The minimum atomic E-state index is 0.657. The first-order chi connectivity index (χ1) is 7.76. The summed E-state index contributed by atoms with van der Waals surface area (Å²) in [6.45, 7) is 8.55. The molecule has 1 aromatic rings. The van der Waals surface area contributed by atoms with Gasteiger partial charge in [0.1, 0.15) is 0 Å². The summed E-state index contributed by atoms with van der Waals surface area (Å²) in [5.41, 5.74) is 2.30. The van der Waals surface area contributed by atoms with Crippen molar-refractivity contribution in [3.63, 3.8) is 0 Å². The van der Waals surface area contributed by atoms with Crippen LogP contribution in [0.5, 0.6) is 0 Å². The first-order valence-electron chi connectivity index (χ1n) is 5.69. The summed E-state index contributed by atoms with van der Waals surface area (Å²) in [5.74, 6) is 0.853. The third kappa shape index (κ3) is 4.29. The molecule has 0 aliphatic heterocycles. The Labute approximate surface area is 97.2 Å². The Balaban J connectivity index is 2.61. The van der Waals surface area contributed by atoms with Gasteiger partial charge in [0.15, 0.2) is 5.96 Å². The van der Waals surface area contributed by atoms with Crippen molar-refractivity contribution in [3.05, 3.63) is 29.6 Å². The molecule has 0 aliphatic carbocycles. The molecule has 0 saturated carbocycles. The highest BCUT2D eigenvalue weighted by molar-refractivity contribution is 5.79. The zero-order valence-electron chi connectivity index (χ0n) is 10.2. The molecule has 1 rings (SSSR count). The topological polar surface area (TPSA) is 49.3 Å². The molecule has 0 bridgehead atoms. The Kier molecular flexibility index (Phi) is 5.32. The fourth-order valence-electron chi connectivity index (χ4n) is 1.38. The third-order valence-corrected chi connectivity index (χ3v) is 2.04. The molecule has 0 radical (unpaired) electrons. The number of aromatic nitrogens is 1. The van der Waals surface area contributed by atoms with E-state index in [0.717, 1.165) is 24.6 Å². The maximum Gasteiger partial charge on any atom is 0.191 e. The highest BCUT2D eigenvalue weighted by Gasteiger charge is 1.96. The lowest BCUT2D eigenvalue weighted by Gasteiger charge is -2.08. The van der Waals surface area contributed by atoms with Crippen molar-refractivity contribution >= 4 is 5.96 Å². The van der Waals surface area contributed by atoms with E-state index >= 15 is 0 Å². The molecule has 16 heavy (non-hydrogen) atoms. The average molecular weight is 220 g/mol. The van der Waals surface area contributed by atoms with E-state index in [-0.39, 0.29) is 0 Å². The van der Waals surface area contributed by atoms with Crippen LogP contribution < -0.4 is 10.6 Å². The summed E-state index contributed by atoms with van der Waals surface area (Å²) in [5, 5.41) is 6.37. The first-order valence-corrected chi connectivity index (χ1v) is 5.69. The molecule has 0 aromatic carbocycles. The number of guanidine groups is 1. The van der Waals surface area contributed by atoms with Gasteiger partial charge in [0.25, 0.3) is 0 Å². The number of rotatable bonds is 4.